The molecule has 0 unspecified atom stereocenters. The molecule has 2 aromatic rings. The number of nitrogens with one attached hydrogen (secondary N) is 1. The van der Waals surface area contributed by atoms with E-state index in [4.69, 9.17) is 11.6 Å². The number of aromatic nitrogens is 4. The van der Waals surface area contributed by atoms with Crippen LogP contribution in [0.1, 0.15) is 23.0 Å². The highest BCUT2D eigenvalue weighted by atomic mass is 35.5. The van der Waals surface area contributed by atoms with Gasteiger partial charge in [0.2, 0.25) is 0 Å². The highest BCUT2D eigenvalue weighted by molar-refractivity contribution is 6.33. The molecular formula is C11H14ClN5O. The zero-order valence-corrected chi connectivity index (χ0v) is 11.0. The molecule has 7 heteroatoms. The standard InChI is InChI=1S/C11H14ClN5O/c1-3-17-10(9(12)6-15-17)11(18)13-4-8-5-14-16(2)7-8/h5-7H,3-4H2,1-2H3,(H,13,18). The Morgan fingerprint density at radius 3 is 2.83 bits per heavy atom. The zero-order chi connectivity index (χ0) is 13.1. The molecule has 0 fully saturated rings. The summed E-state index contributed by atoms with van der Waals surface area (Å²) in [6.07, 6.45) is 5.03. The van der Waals surface area contributed by atoms with Gasteiger partial charge >= 0.3 is 0 Å². The van der Waals surface area contributed by atoms with E-state index in [0.29, 0.717) is 23.8 Å². The van der Waals surface area contributed by atoms with Crippen molar-refractivity contribution in [1.29, 1.82) is 0 Å². The fourth-order valence-corrected chi connectivity index (χ4v) is 1.88. The summed E-state index contributed by atoms with van der Waals surface area (Å²) in [7, 11) is 1.83. The van der Waals surface area contributed by atoms with Crippen molar-refractivity contribution in [2.75, 3.05) is 0 Å². The van der Waals surface area contributed by atoms with Crippen molar-refractivity contribution in [2.45, 2.75) is 20.0 Å². The number of nitrogens with zero attached hydrogens (tertiary/aromatic N) is 4. The summed E-state index contributed by atoms with van der Waals surface area (Å²) < 4.78 is 3.26. The number of amides is 1. The van der Waals surface area contributed by atoms with Crippen molar-refractivity contribution in [2.24, 2.45) is 7.05 Å². The van der Waals surface area contributed by atoms with Crippen LogP contribution in [0.2, 0.25) is 5.02 Å². The molecule has 2 heterocycles. The molecule has 0 aliphatic rings. The van der Waals surface area contributed by atoms with Crippen LogP contribution in [0.3, 0.4) is 0 Å². The van der Waals surface area contributed by atoms with Crippen molar-refractivity contribution >= 4 is 17.5 Å². The minimum absolute atomic E-state index is 0.233. The van der Waals surface area contributed by atoms with E-state index in [9.17, 15) is 4.79 Å². The van der Waals surface area contributed by atoms with Crippen molar-refractivity contribution in [3.63, 3.8) is 0 Å². The van der Waals surface area contributed by atoms with E-state index in [1.165, 1.54) is 6.20 Å². The summed E-state index contributed by atoms with van der Waals surface area (Å²) in [6, 6.07) is 0. The molecular weight excluding hydrogens is 254 g/mol. The van der Waals surface area contributed by atoms with Crippen molar-refractivity contribution in [3.8, 4) is 0 Å². The van der Waals surface area contributed by atoms with Crippen LogP contribution in [0.4, 0.5) is 0 Å². The monoisotopic (exact) mass is 267 g/mol. The fourth-order valence-electron chi connectivity index (χ4n) is 1.66. The predicted octanol–water partition coefficient (Wildman–Crippen LogP) is 1.22. The van der Waals surface area contributed by atoms with Crippen LogP contribution < -0.4 is 5.32 Å². The third kappa shape index (κ3) is 2.53. The molecule has 0 aromatic carbocycles. The third-order valence-electron chi connectivity index (χ3n) is 2.52. The number of hydrogen-bond donors (Lipinski definition) is 1. The van der Waals surface area contributed by atoms with E-state index in [1.54, 1.807) is 15.6 Å². The van der Waals surface area contributed by atoms with Crippen LogP contribution in [-0.4, -0.2) is 25.5 Å². The molecule has 2 rings (SSSR count). The summed E-state index contributed by atoms with van der Waals surface area (Å²) in [5.74, 6) is -0.233. The van der Waals surface area contributed by atoms with Gasteiger partial charge in [0.1, 0.15) is 5.69 Å². The molecule has 1 N–H and O–H groups in total. The second-order valence-electron chi connectivity index (χ2n) is 3.86. The molecule has 0 aliphatic carbocycles. The Labute approximate surface area is 110 Å². The summed E-state index contributed by atoms with van der Waals surface area (Å²) in [5, 5.41) is 11.2. The van der Waals surface area contributed by atoms with E-state index in [2.05, 4.69) is 15.5 Å². The lowest BCUT2D eigenvalue weighted by molar-refractivity contribution is 0.0940. The maximum atomic E-state index is 12.0. The Morgan fingerprint density at radius 2 is 2.22 bits per heavy atom. The van der Waals surface area contributed by atoms with Crippen LogP contribution in [0, 0.1) is 0 Å². The Kier molecular flexibility index (Phi) is 3.66. The Balaban J connectivity index is 2.05. The minimum atomic E-state index is -0.233. The van der Waals surface area contributed by atoms with Gasteiger partial charge in [0.15, 0.2) is 0 Å². The van der Waals surface area contributed by atoms with Crippen LogP contribution in [0.25, 0.3) is 0 Å². The molecule has 0 atom stereocenters. The van der Waals surface area contributed by atoms with Crippen LogP contribution >= 0.6 is 11.6 Å². The molecule has 0 spiro atoms. The molecule has 1 amide bonds. The van der Waals surface area contributed by atoms with Gasteiger partial charge in [0.25, 0.3) is 5.91 Å². The normalized spacial score (nSPS) is 10.6. The second kappa shape index (κ2) is 5.22. The Bertz CT molecular complexity index is 560. The van der Waals surface area contributed by atoms with Crippen molar-refractivity contribution in [1.82, 2.24) is 24.9 Å². The van der Waals surface area contributed by atoms with E-state index >= 15 is 0 Å². The third-order valence-corrected chi connectivity index (χ3v) is 2.80. The minimum Gasteiger partial charge on any atom is -0.346 e. The molecule has 0 radical (unpaired) electrons. The number of halogens is 1. The summed E-state index contributed by atoms with van der Waals surface area (Å²) >= 11 is 5.94. The largest absolute Gasteiger partial charge is 0.346 e. The highest BCUT2D eigenvalue weighted by Gasteiger charge is 2.16. The fraction of sp³-hybridized carbons (Fsp3) is 0.364. The number of aryl methyl sites for hydroxylation is 2. The molecule has 96 valence electrons. The molecule has 2 aromatic heterocycles. The van der Waals surface area contributed by atoms with Gasteiger partial charge in [-0.15, -0.1) is 0 Å². The number of carbonyl (C=O) groups excluding carboxylic acids is 1. The van der Waals surface area contributed by atoms with Gasteiger partial charge in [-0.2, -0.15) is 10.2 Å². The van der Waals surface area contributed by atoms with E-state index < -0.39 is 0 Å². The smallest absolute Gasteiger partial charge is 0.271 e. The van der Waals surface area contributed by atoms with E-state index in [0.717, 1.165) is 5.56 Å². The van der Waals surface area contributed by atoms with Gasteiger partial charge in [-0.3, -0.25) is 14.2 Å². The summed E-state index contributed by atoms with van der Waals surface area (Å²) in [4.78, 5) is 12.0. The first-order chi connectivity index (χ1) is 8.61. The zero-order valence-electron chi connectivity index (χ0n) is 10.2. The lowest BCUT2D eigenvalue weighted by atomic mass is 10.3. The van der Waals surface area contributed by atoms with Crippen LogP contribution in [-0.2, 0) is 20.1 Å². The summed E-state index contributed by atoms with van der Waals surface area (Å²) in [6.45, 7) is 2.92. The highest BCUT2D eigenvalue weighted by Crippen LogP contribution is 2.14. The Morgan fingerprint density at radius 1 is 1.44 bits per heavy atom. The number of hydrogen-bond acceptors (Lipinski definition) is 3. The molecule has 18 heavy (non-hydrogen) atoms. The molecule has 0 saturated heterocycles. The van der Waals surface area contributed by atoms with Crippen LogP contribution in [0.15, 0.2) is 18.6 Å². The first kappa shape index (κ1) is 12.6. The van der Waals surface area contributed by atoms with Gasteiger partial charge in [0.05, 0.1) is 17.4 Å². The predicted molar refractivity (Wildman–Crippen MR) is 67.3 cm³/mol. The van der Waals surface area contributed by atoms with Gasteiger partial charge in [-0.1, -0.05) is 11.6 Å². The SMILES string of the molecule is CCn1ncc(Cl)c1C(=O)NCc1cnn(C)c1. The second-order valence-corrected chi connectivity index (χ2v) is 4.27. The maximum absolute atomic E-state index is 12.0. The molecule has 0 saturated carbocycles. The lowest BCUT2D eigenvalue weighted by Gasteiger charge is -2.06. The lowest BCUT2D eigenvalue weighted by Crippen LogP contribution is -2.25. The average Bonchev–Trinajstić information content (AvgIpc) is 2.92. The van der Waals surface area contributed by atoms with Gasteiger partial charge in [0, 0.05) is 31.9 Å². The molecule has 6 nitrogen and oxygen atoms in total. The van der Waals surface area contributed by atoms with Gasteiger partial charge in [-0.05, 0) is 6.92 Å². The first-order valence-corrected chi connectivity index (χ1v) is 5.96. The van der Waals surface area contributed by atoms with Crippen molar-refractivity contribution < 1.29 is 4.79 Å². The maximum Gasteiger partial charge on any atom is 0.271 e. The van der Waals surface area contributed by atoms with E-state index in [-0.39, 0.29) is 5.91 Å². The number of carbonyl (C=O) groups is 1. The van der Waals surface area contributed by atoms with Gasteiger partial charge in [-0.25, -0.2) is 0 Å². The van der Waals surface area contributed by atoms with E-state index in [1.807, 2.05) is 20.2 Å². The molecule has 0 aliphatic heterocycles. The van der Waals surface area contributed by atoms with Gasteiger partial charge < -0.3 is 5.32 Å². The average molecular weight is 268 g/mol. The number of rotatable bonds is 4. The molecule has 0 bridgehead atoms. The van der Waals surface area contributed by atoms with Crippen LogP contribution in [0.5, 0.6) is 0 Å². The topological polar surface area (TPSA) is 64.7 Å². The quantitative estimate of drug-likeness (QED) is 0.906. The Hall–Kier alpha value is -1.82. The summed E-state index contributed by atoms with van der Waals surface area (Å²) in [5.41, 5.74) is 1.33. The first-order valence-electron chi connectivity index (χ1n) is 5.58. The van der Waals surface area contributed by atoms with Crippen molar-refractivity contribution in [3.05, 3.63) is 34.9 Å².